The minimum absolute atomic E-state index is 0.248. The number of hydrogen-bond acceptors (Lipinski definition) is 8. The van der Waals surface area contributed by atoms with Crippen molar-refractivity contribution < 1.29 is 17.9 Å². The van der Waals surface area contributed by atoms with E-state index in [4.69, 9.17) is 9.47 Å². The van der Waals surface area contributed by atoms with E-state index in [2.05, 4.69) is 15.1 Å². The Kier molecular flexibility index (Phi) is 5.26. The lowest BCUT2D eigenvalue weighted by atomic mass is 10.2. The summed E-state index contributed by atoms with van der Waals surface area (Å²) >= 11 is 1.15. The van der Waals surface area contributed by atoms with E-state index in [0.29, 0.717) is 36.8 Å². The van der Waals surface area contributed by atoms with Gasteiger partial charge in [0.15, 0.2) is 11.5 Å². The van der Waals surface area contributed by atoms with Crippen molar-refractivity contribution in [2.75, 3.05) is 33.0 Å². The van der Waals surface area contributed by atoms with E-state index in [1.54, 1.807) is 18.2 Å². The number of benzene rings is 1. The molecular weight excluding hydrogens is 440 g/mol. The van der Waals surface area contributed by atoms with Crippen LogP contribution in [0.2, 0.25) is 0 Å². The summed E-state index contributed by atoms with van der Waals surface area (Å²) in [6, 6.07) is 12.2. The number of ether oxygens (including phenoxy) is 2. The molecule has 3 aromatic rings. The number of aromatic nitrogens is 2. The number of thiophene rings is 1. The van der Waals surface area contributed by atoms with Crippen molar-refractivity contribution in [2.45, 2.75) is 10.8 Å². The van der Waals surface area contributed by atoms with Gasteiger partial charge in [-0.1, -0.05) is 6.07 Å². The quantitative estimate of drug-likeness (QED) is 0.618. The van der Waals surface area contributed by atoms with Crippen LogP contribution in [0.1, 0.15) is 5.56 Å². The molecule has 0 unspecified atom stereocenters. The molecule has 0 radical (unpaired) electrons. The molecule has 0 bridgehead atoms. The van der Waals surface area contributed by atoms with Gasteiger partial charge in [-0.2, -0.15) is 9.40 Å². The number of nitrogens with zero attached hydrogens (tertiary/aromatic N) is 3. The molecule has 0 spiro atoms. The molecule has 2 aromatic heterocycles. The molecule has 11 heteroatoms. The molecule has 0 aliphatic carbocycles. The zero-order valence-corrected chi connectivity index (χ0v) is 18.1. The maximum atomic E-state index is 13.1. The van der Waals surface area contributed by atoms with Gasteiger partial charge in [-0.15, -0.1) is 11.3 Å². The predicted molar refractivity (Wildman–Crippen MR) is 115 cm³/mol. The molecule has 0 saturated carbocycles. The largest absolute Gasteiger partial charge is 0.454 e. The van der Waals surface area contributed by atoms with Crippen LogP contribution >= 0.6 is 11.3 Å². The molecule has 0 atom stereocenters. The first kappa shape index (κ1) is 20.2. The van der Waals surface area contributed by atoms with Gasteiger partial charge in [0.1, 0.15) is 9.90 Å². The summed E-state index contributed by atoms with van der Waals surface area (Å²) in [6.45, 7) is 3.12. The SMILES string of the molecule is O=c1ccc(-c2ccc(S(=O)(=O)N3CCN(Cc4ccc5c(c4)OCO5)CC3)s2)n[nH]1. The van der Waals surface area contributed by atoms with E-state index in [0.717, 1.165) is 34.9 Å². The van der Waals surface area contributed by atoms with Gasteiger partial charge in [-0.3, -0.25) is 9.69 Å². The maximum absolute atomic E-state index is 13.1. The van der Waals surface area contributed by atoms with Crippen LogP contribution in [0.25, 0.3) is 10.6 Å². The van der Waals surface area contributed by atoms with Crippen LogP contribution in [0.3, 0.4) is 0 Å². The third kappa shape index (κ3) is 4.09. The van der Waals surface area contributed by atoms with Crippen LogP contribution in [0.5, 0.6) is 11.5 Å². The monoisotopic (exact) mass is 460 g/mol. The van der Waals surface area contributed by atoms with Gasteiger partial charge >= 0.3 is 0 Å². The van der Waals surface area contributed by atoms with Gasteiger partial charge in [-0.25, -0.2) is 13.5 Å². The first-order valence-electron chi connectivity index (χ1n) is 9.76. The Morgan fingerprint density at radius 1 is 1.00 bits per heavy atom. The molecule has 0 amide bonds. The number of piperazine rings is 1. The minimum Gasteiger partial charge on any atom is -0.454 e. The standard InChI is InChI=1S/C20H20N4O5S2/c25-19-5-2-15(21-22-19)18-4-6-20(30-18)31(26,27)24-9-7-23(8-10-24)12-14-1-3-16-17(11-14)29-13-28-16/h1-6,11H,7-10,12-13H2,(H,22,25). The third-order valence-electron chi connectivity index (χ3n) is 5.28. The summed E-state index contributed by atoms with van der Waals surface area (Å²) in [7, 11) is -3.57. The smallest absolute Gasteiger partial charge is 0.264 e. The van der Waals surface area contributed by atoms with Crippen LogP contribution in [-0.4, -0.2) is 60.8 Å². The molecule has 9 nitrogen and oxygen atoms in total. The first-order chi connectivity index (χ1) is 15.0. The number of sulfonamides is 1. The van der Waals surface area contributed by atoms with Gasteiger partial charge in [0.05, 0.1) is 4.88 Å². The van der Waals surface area contributed by atoms with Crippen molar-refractivity contribution in [3.8, 4) is 22.1 Å². The second-order valence-corrected chi connectivity index (χ2v) is 10.5. The highest BCUT2D eigenvalue weighted by Gasteiger charge is 2.30. The topological polar surface area (TPSA) is 105 Å². The normalized spacial score (nSPS) is 17.2. The van der Waals surface area contributed by atoms with Crippen LogP contribution in [0.4, 0.5) is 0 Å². The van der Waals surface area contributed by atoms with Crippen LogP contribution in [0.15, 0.2) is 51.5 Å². The van der Waals surface area contributed by atoms with E-state index < -0.39 is 10.0 Å². The Labute approximate surface area is 182 Å². The van der Waals surface area contributed by atoms with E-state index in [1.807, 2.05) is 18.2 Å². The predicted octanol–water partition coefficient (Wildman–Crippen LogP) is 1.73. The highest BCUT2D eigenvalue weighted by Crippen LogP contribution is 2.33. The van der Waals surface area contributed by atoms with Crippen molar-refractivity contribution in [3.63, 3.8) is 0 Å². The maximum Gasteiger partial charge on any atom is 0.264 e. The fourth-order valence-corrected chi connectivity index (χ4v) is 6.48. The minimum atomic E-state index is -3.57. The molecule has 5 rings (SSSR count). The number of H-pyrrole nitrogens is 1. The Morgan fingerprint density at radius 2 is 1.81 bits per heavy atom. The average Bonchev–Trinajstić information content (AvgIpc) is 3.44. The number of fused-ring (bicyclic) bond motifs is 1. The summed E-state index contributed by atoms with van der Waals surface area (Å²) in [5, 5.41) is 6.34. The molecular formula is C20H20N4O5S2. The number of hydrogen-bond donors (Lipinski definition) is 1. The van der Waals surface area contributed by atoms with Crippen molar-refractivity contribution in [1.29, 1.82) is 0 Å². The number of nitrogens with one attached hydrogen (secondary N) is 1. The van der Waals surface area contributed by atoms with E-state index in [9.17, 15) is 13.2 Å². The van der Waals surface area contributed by atoms with Gasteiger partial charge in [-0.05, 0) is 35.9 Å². The van der Waals surface area contributed by atoms with Gasteiger partial charge in [0.2, 0.25) is 6.79 Å². The second kappa shape index (κ2) is 8.08. The summed E-state index contributed by atoms with van der Waals surface area (Å²) < 4.78 is 38.8. The molecule has 31 heavy (non-hydrogen) atoms. The zero-order valence-electron chi connectivity index (χ0n) is 16.5. The van der Waals surface area contributed by atoms with E-state index in [1.165, 1.54) is 10.4 Å². The third-order valence-corrected chi connectivity index (χ3v) is 8.76. The Hall–Kier alpha value is -2.73. The van der Waals surface area contributed by atoms with E-state index >= 15 is 0 Å². The summed E-state index contributed by atoms with van der Waals surface area (Å²) in [5.74, 6) is 1.51. The molecule has 2 aliphatic rings. The van der Waals surface area contributed by atoms with Crippen molar-refractivity contribution >= 4 is 21.4 Å². The lowest BCUT2D eigenvalue weighted by Gasteiger charge is -2.33. The molecule has 1 aromatic carbocycles. The first-order valence-corrected chi connectivity index (χ1v) is 12.0. The lowest BCUT2D eigenvalue weighted by Crippen LogP contribution is -2.48. The summed E-state index contributed by atoms with van der Waals surface area (Å²) in [4.78, 5) is 14.1. The molecule has 4 heterocycles. The van der Waals surface area contributed by atoms with Crippen molar-refractivity contribution in [3.05, 3.63) is 58.4 Å². The number of aromatic amines is 1. The van der Waals surface area contributed by atoms with Crippen LogP contribution < -0.4 is 15.0 Å². The molecule has 2 aliphatic heterocycles. The fourth-order valence-electron chi connectivity index (χ4n) is 3.63. The molecule has 162 valence electrons. The molecule has 1 fully saturated rings. The van der Waals surface area contributed by atoms with Gasteiger partial charge in [0, 0.05) is 38.8 Å². The van der Waals surface area contributed by atoms with Gasteiger partial charge < -0.3 is 9.47 Å². The van der Waals surface area contributed by atoms with Crippen molar-refractivity contribution in [2.24, 2.45) is 0 Å². The summed E-state index contributed by atoms with van der Waals surface area (Å²) in [6.07, 6.45) is 0. The fraction of sp³-hybridized carbons (Fsp3) is 0.300. The Bertz CT molecular complexity index is 1240. The summed E-state index contributed by atoms with van der Waals surface area (Å²) in [5.41, 5.74) is 1.35. The van der Waals surface area contributed by atoms with Crippen LogP contribution in [-0.2, 0) is 16.6 Å². The van der Waals surface area contributed by atoms with Crippen LogP contribution in [0, 0.1) is 0 Å². The zero-order chi connectivity index (χ0) is 21.4. The molecule has 1 saturated heterocycles. The lowest BCUT2D eigenvalue weighted by molar-refractivity contribution is 0.173. The Balaban J connectivity index is 1.23. The average molecular weight is 461 g/mol. The number of rotatable bonds is 5. The molecule has 1 N–H and O–H groups in total. The Morgan fingerprint density at radius 3 is 2.58 bits per heavy atom. The van der Waals surface area contributed by atoms with Gasteiger partial charge in [0.25, 0.3) is 15.6 Å². The van der Waals surface area contributed by atoms with E-state index in [-0.39, 0.29) is 16.6 Å². The van der Waals surface area contributed by atoms with Crippen molar-refractivity contribution in [1.82, 2.24) is 19.4 Å². The second-order valence-electron chi connectivity index (χ2n) is 7.29. The highest BCUT2D eigenvalue weighted by atomic mass is 32.2. The highest BCUT2D eigenvalue weighted by molar-refractivity contribution is 7.91.